The number of aliphatic carboxylic acids is 1. The molecular formula is C25H21Cl2NO5. The maximum absolute atomic E-state index is 13.7. The van der Waals surface area contributed by atoms with E-state index in [0.717, 1.165) is 0 Å². The van der Waals surface area contributed by atoms with E-state index in [1.807, 2.05) is 0 Å². The van der Waals surface area contributed by atoms with Crippen LogP contribution in [0.3, 0.4) is 0 Å². The SMILES string of the molecule is O=C(O)C1c2ccccc2C(=O)N([C@@H](CO)[C@@H](O)c2ccccc2)C1c1ccc(Cl)cc1Cl. The van der Waals surface area contributed by atoms with Gasteiger partial charge in [0.15, 0.2) is 0 Å². The van der Waals surface area contributed by atoms with Crippen molar-refractivity contribution in [2.75, 3.05) is 6.61 Å². The molecule has 0 spiro atoms. The average molecular weight is 486 g/mol. The van der Waals surface area contributed by atoms with E-state index in [0.29, 0.717) is 21.7 Å². The van der Waals surface area contributed by atoms with Gasteiger partial charge in [-0.05, 0) is 34.9 Å². The predicted molar refractivity (Wildman–Crippen MR) is 124 cm³/mol. The fourth-order valence-corrected chi connectivity index (χ4v) is 4.99. The molecule has 3 aromatic carbocycles. The van der Waals surface area contributed by atoms with Crippen molar-refractivity contribution in [3.8, 4) is 0 Å². The molecule has 1 aliphatic rings. The van der Waals surface area contributed by atoms with E-state index < -0.39 is 42.6 Å². The Kier molecular flexibility index (Phi) is 6.72. The summed E-state index contributed by atoms with van der Waals surface area (Å²) in [7, 11) is 0. The maximum Gasteiger partial charge on any atom is 0.313 e. The van der Waals surface area contributed by atoms with E-state index in [1.165, 1.54) is 11.0 Å². The molecule has 1 amide bonds. The van der Waals surface area contributed by atoms with E-state index in [1.54, 1.807) is 66.7 Å². The van der Waals surface area contributed by atoms with Crippen LogP contribution in [0.1, 0.15) is 45.1 Å². The van der Waals surface area contributed by atoms with Gasteiger partial charge in [0.1, 0.15) is 12.0 Å². The first kappa shape index (κ1) is 23.3. The predicted octanol–water partition coefficient (Wildman–Crippen LogP) is 4.45. The number of fused-ring (bicyclic) bond motifs is 1. The summed E-state index contributed by atoms with van der Waals surface area (Å²) in [6.45, 7) is -0.599. The van der Waals surface area contributed by atoms with Crippen LogP contribution in [0.2, 0.25) is 10.0 Å². The number of nitrogens with zero attached hydrogens (tertiary/aromatic N) is 1. The van der Waals surface area contributed by atoms with Crippen molar-refractivity contribution in [2.45, 2.75) is 24.1 Å². The fraction of sp³-hybridized carbons (Fsp3) is 0.200. The van der Waals surface area contributed by atoms with Crippen molar-refractivity contribution in [1.82, 2.24) is 4.90 Å². The Morgan fingerprint density at radius 2 is 1.64 bits per heavy atom. The summed E-state index contributed by atoms with van der Waals surface area (Å²) in [5.41, 5.74) is 1.38. The number of rotatable bonds is 6. The van der Waals surface area contributed by atoms with Crippen LogP contribution in [0.25, 0.3) is 0 Å². The highest BCUT2D eigenvalue weighted by Crippen LogP contribution is 2.47. The summed E-state index contributed by atoms with van der Waals surface area (Å²) in [5.74, 6) is -2.86. The molecule has 1 heterocycles. The number of carboxylic acid groups (broad SMARTS) is 1. The fourth-order valence-electron chi connectivity index (χ4n) is 4.47. The van der Waals surface area contributed by atoms with Gasteiger partial charge in [-0.2, -0.15) is 0 Å². The van der Waals surface area contributed by atoms with Crippen molar-refractivity contribution in [3.63, 3.8) is 0 Å². The molecule has 3 aromatic rings. The molecule has 6 nitrogen and oxygen atoms in total. The third kappa shape index (κ3) is 4.23. The number of hydrogen-bond donors (Lipinski definition) is 3. The molecule has 170 valence electrons. The lowest BCUT2D eigenvalue weighted by Crippen LogP contribution is -2.53. The van der Waals surface area contributed by atoms with Crippen LogP contribution < -0.4 is 0 Å². The molecule has 0 fully saturated rings. The Morgan fingerprint density at radius 3 is 2.27 bits per heavy atom. The van der Waals surface area contributed by atoms with Crippen LogP contribution in [-0.2, 0) is 4.79 Å². The number of carboxylic acids is 1. The first-order valence-corrected chi connectivity index (χ1v) is 11.0. The van der Waals surface area contributed by atoms with Gasteiger partial charge in [-0.15, -0.1) is 0 Å². The summed E-state index contributed by atoms with van der Waals surface area (Å²) in [4.78, 5) is 27.5. The number of carbonyl (C=O) groups excluding carboxylic acids is 1. The van der Waals surface area contributed by atoms with E-state index in [4.69, 9.17) is 23.2 Å². The van der Waals surface area contributed by atoms with Crippen molar-refractivity contribution in [1.29, 1.82) is 0 Å². The number of halogens is 2. The third-order valence-corrected chi connectivity index (χ3v) is 6.54. The van der Waals surface area contributed by atoms with Crippen molar-refractivity contribution in [2.24, 2.45) is 0 Å². The van der Waals surface area contributed by atoms with Crippen LogP contribution in [0.4, 0.5) is 0 Å². The highest BCUT2D eigenvalue weighted by molar-refractivity contribution is 6.35. The maximum atomic E-state index is 13.7. The number of hydrogen-bond acceptors (Lipinski definition) is 4. The molecule has 2 unspecified atom stereocenters. The lowest BCUT2D eigenvalue weighted by molar-refractivity contribution is -0.141. The summed E-state index contributed by atoms with van der Waals surface area (Å²) < 4.78 is 0. The number of aliphatic hydroxyl groups excluding tert-OH is 2. The lowest BCUT2D eigenvalue weighted by Gasteiger charge is -2.46. The molecule has 8 heteroatoms. The van der Waals surface area contributed by atoms with Gasteiger partial charge < -0.3 is 20.2 Å². The van der Waals surface area contributed by atoms with Crippen LogP contribution in [0.15, 0.2) is 72.8 Å². The summed E-state index contributed by atoms with van der Waals surface area (Å²) in [6, 6.07) is 17.4. The number of carbonyl (C=O) groups is 2. The minimum Gasteiger partial charge on any atom is -0.481 e. The highest BCUT2D eigenvalue weighted by Gasteiger charge is 2.48. The second-order valence-corrected chi connectivity index (χ2v) is 8.68. The van der Waals surface area contributed by atoms with Crippen molar-refractivity contribution in [3.05, 3.63) is 105 Å². The van der Waals surface area contributed by atoms with E-state index in [2.05, 4.69) is 0 Å². The molecule has 0 bridgehead atoms. The largest absolute Gasteiger partial charge is 0.481 e. The summed E-state index contributed by atoms with van der Waals surface area (Å²) >= 11 is 12.5. The Balaban J connectivity index is 1.95. The number of amides is 1. The van der Waals surface area contributed by atoms with E-state index >= 15 is 0 Å². The monoisotopic (exact) mass is 485 g/mol. The third-order valence-electron chi connectivity index (χ3n) is 5.97. The van der Waals surface area contributed by atoms with Gasteiger partial charge in [0.05, 0.1) is 18.7 Å². The van der Waals surface area contributed by atoms with Gasteiger partial charge in [0.25, 0.3) is 5.91 Å². The molecule has 0 saturated carbocycles. The molecule has 0 radical (unpaired) electrons. The molecule has 0 aliphatic carbocycles. The molecule has 4 atom stereocenters. The zero-order valence-corrected chi connectivity index (χ0v) is 18.8. The van der Waals surface area contributed by atoms with Crippen molar-refractivity contribution < 1.29 is 24.9 Å². The zero-order chi connectivity index (χ0) is 23.7. The quantitative estimate of drug-likeness (QED) is 0.478. The minimum absolute atomic E-state index is 0.182. The summed E-state index contributed by atoms with van der Waals surface area (Å²) in [5, 5.41) is 32.3. The van der Waals surface area contributed by atoms with Gasteiger partial charge in [0.2, 0.25) is 0 Å². The van der Waals surface area contributed by atoms with Gasteiger partial charge in [-0.25, -0.2) is 0 Å². The van der Waals surface area contributed by atoms with E-state index in [-0.39, 0.29) is 10.6 Å². The Morgan fingerprint density at radius 1 is 0.970 bits per heavy atom. The van der Waals surface area contributed by atoms with Gasteiger partial charge in [0, 0.05) is 15.6 Å². The molecule has 3 N–H and O–H groups in total. The Labute approximate surface area is 200 Å². The number of aliphatic hydroxyl groups is 2. The van der Waals surface area contributed by atoms with Gasteiger partial charge in [-0.1, -0.05) is 77.8 Å². The van der Waals surface area contributed by atoms with E-state index in [9.17, 15) is 24.9 Å². The molecule has 1 aliphatic heterocycles. The number of benzene rings is 3. The van der Waals surface area contributed by atoms with Crippen LogP contribution in [0, 0.1) is 0 Å². The first-order valence-electron chi connectivity index (χ1n) is 10.3. The normalized spacial score (nSPS) is 19.6. The molecule has 0 saturated heterocycles. The van der Waals surface area contributed by atoms with Crippen LogP contribution in [0.5, 0.6) is 0 Å². The average Bonchev–Trinajstić information content (AvgIpc) is 2.81. The van der Waals surface area contributed by atoms with Crippen LogP contribution in [-0.4, -0.2) is 44.7 Å². The Hall–Kier alpha value is -2.90. The second kappa shape index (κ2) is 9.53. The molecular weight excluding hydrogens is 465 g/mol. The molecule has 4 rings (SSSR count). The highest BCUT2D eigenvalue weighted by atomic mass is 35.5. The lowest BCUT2D eigenvalue weighted by atomic mass is 9.78. The second-order valence-electron chi connectivity index (χ2n) is 7.83. The first-order chi connectivity index (χ1) is 15.8. The smallest absolute Gasteiger partial charge is 0.313 e. The summed E-state index contributed by atoms with van der Waals surface area (Å²) in [6.07, 6.45) is -1.27. The molecule has 33 heavy (non-hydrogen) atoms. The zero-order valence-electron chi connectivity index (χ0n) is 17.3. The minimum atomic E-state index is -1.27. The standard InChI is InChI=1S/C25H21Cl2NO5/c26-15-10-11-18(19(27)12-15)22-21(25(32)33)16-8-4-5-9-17(16)24(31)28(22)20(13-29)23(30)14-6-2-1-3-7-14/h1-12,20-23,29-30H,13H2,(H,32,33)/t20-,21?,22?,23-/m0/s1. The Bertz CT molecular complexity index is 1190. The van der Waals surface area contributed by atoms with Crippen molar-refractivity contribution >= 4 is 35.1 Å². The van der Waals surface area contributed by atoms with Gasteiger partial charge >= 0.3 is 5.97 Å². The van der Waals surface area contributed by atoms with Crippen LogP contribution >= 0.6 is 23.2 Å². The topological polar surface area (TPSA) is 98.1 Å². The van der Waals surface area contributed by atoms with Gasteiger partial charge in [-0.3, -0.25) is 9.59 Å². The molecule has 0 aromatic heterocycles.